The lowest BCUT2D eigenvalue weighted by molar-refractivity contribution is 1.06. The van der Waals surface area contributed by atoms with Crippen LogP contribution in [-0.4, -0.2) is 9.55 Å². The van der Waals surface area contributed by atoms with Crippen molar-refractivity contribution in [3.63, 3.8) is 0 Å². The van der Waals surface area contributed by atoms with Crippen molar-refractivity contribution in [2.24, 2.45) is 0 Å². The lowest BCUT2D eigenvalue weighted by Crippen LogP contribution is -1.95. The Morgan fingerprint density at radius 1 is 1.11 bits per heavy atom. The van der Waals surface area contributed by atoms with Crippen LogP contribution in [0.2, 0.25) is 5.02 Å². The molecule has 0 aliphatic carbocycles. The van der Waals surface area contributed by atoms with E-state index in [-0.39, 0.29) is 0 Å². The molecular weight excluding hydrogens is 276 g/mol. The van der Waals surface area contributed by atoms with Crippen molar-refractivity contribution in [2.45, 2.75) is 13.8 Å². The summed E-state index contributed by atoms with van der Waals surface area (Å²) in [7, 11) is 0. The first kappa shape index (κ1) is 12.5. The zero-order valence-corrected chi connectivity index (χ0v) is 12.3. The maximum Gasteiger partial charge on any atom is 0.182 e. The molecule has 1 heterocycles. The van der Waals surface area contributed by atoms with Gasteiger partial charge in [-0.2, -0.15) is 0 Å². The molecule has 3 aromatic rings. The van der Waals surface area contributed by atoms with Crippen LogP contribution in [0.1, 0.15) is 11.1 Å². The van der Waals surface area contributed by atoms with E-state index < -0.39 is 0 Å². The average Bonchev–Trinajstić information content (AvgIpc) is 2.71. The van der Waals surface area contributed by atoms with Crippen molar-refractivity contribution in [1.29, 1.82) is 0 Å². The number of hydrogen-bond acceptors (Lipinski definition) is 1. The number of aromatic nitrogens is 2. The van der Waals surface area contributed by atoms with E-state index in [1.165, 1.54) is 11.1 Å². The third-order valence-electron chi connectivity index (χ3n) is 3.42. The first-order chi connectivity index (χ1) is 9.08. The lowest BCUT2D eigenvalue weighted by Gasteiger charge is -2.07. The molecule has 96 valence electrons. The fourth-order valence-corrected chi connectivity index (χ4v) is 2.74. The second-order valence-corrected chi connectivity index (χ2v) is 5.46. The number of fused-ring (bicyclic) bond motifs is 1. The number of nitrogens with zero attached hydrogens (tertiary/aromatic N) is 1. The van der Waals surface area contributed by atoms with Gasteiger partial charge in [-0.3, -0.25) is 4.57 Å². The second kappa shape index (κ2) is 4.51. The molecule has 0 aliphatic heterocycles. The van der Waals surface area contributed by atoms with E-state index in [9.17, 15) is 0 Å². The maximum atomic E-state index is 6.20. The number of benzene rings is 2. The number of aromatic amines is 1. The first-order valence-corrected chi connectivity index (χ1v) is 6.83. The van der Waals surface area contributed by atoms with E-state index in [0.29, 0.717) is 9.79 Å². The summed E-state index contributed by atoms with van der Waals surface area (Å²) in [6.07, 6.45) is 0. The Bertz CT molecular complexity index is 830. The summed E-state index contributed by atoms with van der Waals surface area (Å²) in [6, 6.07) is 12.1. The standard InChI is InChI=1S/C15H13ClN2S/c1-9-6-7-11(8-10(9)2)18-13-5-3-4-12(16)14(13)17-15(18)19/h3-8H,1-2H3,(H,17,19). The number of H-pyrrole nitrogens is 1. The summed E-state index contributed by atoms with van der Waals surface area (Å²) in [4.78, 5) is 3.17. The first-order valence-electron chi connectivity index (χ1n) is 6.05. The predicted octanol–water partition coefficient (Wildman–Crippen LogP) is 4.96. The second-order valence-electron chi connectivity index (χ2n) is 4.67. The van der Waals surface area contributed by atoms with Gasteiger partial charge in [0.1, 0.15) is 0 Å². The molecule has 3 rings (SSSR count). The Morgan fingerprint density at radius 3 is 2.63 bits per heavy atom. The fraction of sp³-hybridized carbons (Fsp3) is 0.133. The fourth-order valence-electron chi connectivity index (χ4n) is 2.22. The summed E-state index contributed by atoms with van der Waals surface area (Å²) in [5.41, 5.74) is 5.46. The van der Waals surface area contributed by atoms with Crippen LogP contribution in [0.5, 0.6) is 0 Å². The smallest absolute Gasteiger partial charge is 0.182 e. The highest BCUT2D eigenvalue weighted by atomic mass is 35.5. The van der Waals surface area contributed by atoms with Gasteiger partial charge in [-0.15, -0.1) is 0 Å². The zero-order chi connectivity index (χ0) is 13.6. The number of nitrogens with one attached hydrogen (secondary N) is 1. The van der Waals surface area contributed by atoms with Gasteiger partial charge in [-0.1, -0.05) is 23.7 Å². The highest BCUT2D eigenvalue weighted by Crippen LogP contribution is 2.26. The highest BCUT2D eigenvalue weighted by Gasteiger charge is 2.09. The molecule has 0 spiro atoms. The summed E-state index contributed by atoms with van der Waals surface area (Å²) >= 11 is 11.6. The monoisotopic (exact) mass is 288 g/mol. The number of para-hydroxylation sites is 1. The molecule has 2 nitrogen and oxygen atoms in total. The van der Waals surface area contributed by atoms with Crippen LogP contribution in [0.15, 0.2) is 36.4 Å². The molecule has 0 bridgehead atoms. The summed E-state index contributed by atoms with van der Waals surface area (Å²) in [5.74, 6) is 0. The Morgan fingerprint density at radius 2 is 1.89 bits per heavy atom. The van der Waals surface area contributed by atoms with E-state index >= 15 is 0 Å². The molecule has 1 aromatic heterocycles. The van der Waals surface area contributed by atoms with Crippen LogP contribution >= 0.6 is 23.8 Å². The molecule has 0 amide bonds. The Labute approximate surface area is 121 Å². The van der Waals surface area contributed by atoms with E-state index in [4.69, 9.17) is 23.8 Å². The number of aryl methyl sites for hydroxylation is 2. The average molecular weight is 289 g/mol. The van der Waals surface area contributed by atoms with Gasteiger partial charge in [0, 0.05) is 5.69 Å². The molecule has 0 aliphatic rings. The van der Waals surface area contributed by atoms with Gasteiger partial charge < -0.3 is 4.98 Å². The molecule has 0 atom stereocenters. The molecule has 0 saturated carbocycles. The van der Waals surface area contributed by atoms with Crippen LogP contribution < -0.4 is 0 Å². The molecule has 0 fully saturated rings. The topological polar surface area (TPSA) is 20.7 Å². The predicted molar refractivity (Wildman–Crippen MR) is 82.9 cm³/mol. The third kappa shape index (κ3) is 1.99. The molecule has 4 heteroatoms. The van der Waals surface area contributed by atoms with E-state index in [1.807, 2.05) is 22.8 Å². The number of imidazole rings is 1. The van der Waals surface area contributed by atoms with Crippen molar-refractivity contribution >= 4 is 34.9 Å². The Hall–Kier alpha value is -1.58. The number of hydrogen-bond donors (Lipinski definition) is 1. The minimum absolute atomic E-state index is 0.659. The highest BCUT2D eigenvalue weighted by molar-refractivity contribution is 7.71. The molecule has 19 heavy (non-hydrogen) atoms. The van der Waals surface area contributed by atoms with Crippen LogP contribution in [0, 0.1) is 18.6 Å². The Balaban J connectivity index is 2.36. The van der Waals surface area contributed by atoms with Gasteiger partial charge in [0.05, 0.1) is 16.1 Å². The van der Waals surface area contributed by atoms with Crippen molar-refractivity contribution in [1.82, 2.24) is 9.55 Å². The van der Waals surface area contributed by atoms with Crippen LogP contribution in [-0.2, 0) is 0 Å². The van der Waals surface area contributed by atoms with Gasteiger partial charge in [-0.05, 0) is 61.5 Å². The lowest BCUT2D eigenvalue weighted by atomic mass is 10.1. The minimum atomic E-state index is 0.659. The SMILES string of the molecule is Cc1ccc(-n2c(=S)[nH]c3c(Cl)cccc32)cc1C. The molecule has 2 aromatic carbocycles. The van der Waals surface area contributed by atoms with E-state index in [0.717, 1.165) is 16.7 Å². The molecule has 0 unspecified atom stereocenters. The van der Waals surface area contributed by atoms with Crippen molar-refractivity contribution in [2.75, 3.05) is 0 Å². The van der Waals surface area contributed by atoms with Crippen LogP contribution in [0.25, 0.3) is 16.7 Å². The normalized spacial score (nSPS) is 11.1. The molecule has 0 radical (unpaired) electrons. The molecular formula is C15H13ClN2S. The Kier molecular flexibility index (Phi) is 2.96. The van der Waals surface area contributed by atoms with Gasteiger partial charge in [0.25, 0.3) is 0 Å². The van der Waals surface area contributed by atoms with E-state index in [1.54, 1.807) is 0 Å². The van der Waals surface area contributed by atoms with Crippen LogP contribution in [0.3, 0.4) is 0 Å². The number of rotatable bonds is 1. The van der Waals surface area contributed by atoms with Crippen molar-refractivity contribution in [3.05, 3.63) is 57.3 Å². The van der Waals surface area contributed by atoms with Crippen molar-refractivity contribution in [3.8, 4) is 5.69 Å². The summed E-state index contributed by atoms with van der Waals surface area (Å²) < 4.78 is 2.68. The largest absolute Gasteiger partial charge is 0.329 e. The van der Waals surface area contributed by atoms with Gasteiger partial charge in [0.15, 0.2) is 4.77 Å². The maximum absolute atomic E-state index is 6.20. The van der Waals surface area contributed by atoms with Crippen LogP contribution in [0.4, 0.5) is 0 Å². The third-order valence-corrected chi connectivity index (χ3v) is 4.02. The molecule has 0 saturated heterocycles. The van der Waals surface area contributed by atoms with Gasteiger partial charge in [0.2, 0.25) is 0 Å². The van der Waals surface area contributed by atoms with Gasteiger partial charge in [-0.25, -0.2) is 0 Å². The zero-order valence-electron chi connectivity index (χ0n) is 10.7. The molecule has 1 N–H and O–H groups in total. The van der Waals surface area contributed by atoms with Crippen molar-refractivity contribution < 1.29 is 0 Å². The van der Waals surface area contributed by atoms with Gasteiger partial charge >= 0.3 is 0 Å². The summed E-state index contributed by atoms with van der Waals surface area (Å²) in [6.45, 7) is 4.20. The van der Waals surface area contributed by atoms with E-state index in [2.05, 4.69) is 37.0 Å². The minimum Gasteiger partial charge on any atom is -0.329 e. The quantitative estimate of drug-likeness (QED) is 0.628. The number of halogens is 1. The summed E-state index contributed by atoms with van der Waals surface area (Å²) in [5, 5.41) is 0.686.